The number of nitrogens with zero attached hydrogens (tertiary/aromatic N) is 3. The number of aromatic nitrogens is 2. The van der Waals surface area contributed by atoms with Gasteiger partial charge in [0.15, 0.2) is 0 Å². The van der Waals surface area contributed by atoms with E-state index in [0.717, 1.165) is 5.56 Å². The Morgan fingerprint density at radius 2 is 2.04 bits per heavy atom. The molecule has 1 aromatic heterocycles. The van der Waals surface area contributed by atoms with Gasteiger partial charge in [0.05, 0.1) is 19.9 Å². The van der Waals surface area contributed by atoms with E-state index < -0.39 is 5.56 Å². The standard InChI is InChI=1S/C17H20N4O3/c1-12-5-3-4-6-13(12)10-21-8-7-20(11-15(21)22)14-9-18-19-17(23)16(14)24-2/h3-6,9H,7-8,10-11H2,1-2H3,(H,19,23). The number of piperazine rings is 1. The van der Waals surface area contributed by atoms with Crippen molar-refractivity contribution in [1.82, 2.24) is 15.1 Å². The van der Waals surface area contributed by atoms with E-state index >= 15 is 0 Å². The fourth-order valence-corrected chi connectivity index (χ4v) is 2.87. The molecule has 0 spiro atoms. The van der Waals surface area contributed by atoms with E-state index in [-0.39, 0.29) is 18.2 Å². The Kier molecular flexibility index (Phi) is 4.50. The van der Waals surface area contributed by atoms with E-state index in [0.29, 0.717) is 25.3 Å². The lowest BCUT2D eigenvalue weighted by Crippen LogP contribution is -2.50. The van der Waals surface area contributed by atoms with Crippen molar-refractivity contribution >= 4 is 11.6 Å². The maximum atomic E-state index is 12.5. The van der Waals surface area contributed by atoms with Crippen LogP contribution in [0.4, 0.5) is 5.69 Å². The third-order valence-corrected chi connectivity index (χ3v) is 4.28. The number of hydrogen-bond donors (Lipinski definition) is 1. The Labute approximate surface area is 139 Å². The average Bonchev–Trinajstić information content (AvgIpc) is 2.58. The van der Waals surface area contributed by atoms with Crippen LogP contribution in [0, 0.1) is 6.92 Å². The first-order valence-corrected chi connectivity index (χ1v) is 7.79. The van der Waals surface area contributed by atoms with Crippen LogP contribution in [0.15, 0.2) is 35.3 Å². The lowest BCUT2D eigenvalue weighted by atomic mass is 10.1. The number of aromatic amines is 1. The molecular weight excluding hydrogens is 308 g/mol. The number of carbonyl (C=O) groups excluding carboxylic acids is 1. The first-order chi connectivity index (χ1) is 11.6. The van der Waals surface area contributed by atoms with Crippen LogP contribution in [0.5, 0.6) is 5.75 Å². The van der Waals surface area contributed by atoms with E-state index in [1.54, 1.807) is 0 Å². The number of benzene rings is 1. The SMILES string of the molecule is COc1c(N2CCN(Cc3ccccc3C)C(=O)C2)cn[nH]c1=O. The van der Waals surface area contributed by atoms with Gasteiger partial charge in [0.2, 0.25) is 11.7 Å². The number of aryl methyl sites for hydroxylation is 1. The van der Waals surface area contributed by atoms with E-state index in [4.69, 9.17) is 4.74 Å². The lowest BCUT2D eigenvalue weighted by molar-refractivity contribution is -0.131. The molecule has 0 aliphatic carbocycles. The number of nitrogens with one attached hydrogen (secondary N) is 1. The average molecular weight is 328 g/mol. The summed E-state index contributed by atoms with van der Waals surface area (Å²) in [6.07, 6.45) is 1.52. The summed E-state index contributed by atoms with van der Waals surface area (Å²) in [7, 11) is 1.43. The van der Waals surface area contributed by atoms with Gasteiger partial charge in [-0.15, -0.1) is 0 Å². The topological polar surface area (TPSA) is 78.5 Å². The fourth-order valence-electron chi connectivity index (χ4n) is 2.87. The summed E-state index contributed by atoms with van der Waals surface area (Å²) in [4.78, 5) is 28.0. The molecule has 7 heteroatoms. The van der Waals surface area contributed by atoms with Crippen LogP contribution in [0.1, 0.15) is 11.1 Å². The van der Waals surface area contributed by atoms with E-state index in [1.807, 2.05) is 41.0 Å². The molecule has 0 bridgehead atoms. The lowest BCUT2D eigenvalue weighted by Gasteiger charge is -2.36. The normalized spacial score (nSPS) is 14.8. The minimum Gasteiger partial charge on any atom is -0.490 e. The van der Waals surface area contributed by atoms with Crippen LogP contribution in [-0.4, -0.2) is 47.7 Å². The van der Waals surface area contributed by atoms with Gasteiger partial charge in [-0.05, 0) is 18.1 Å². The van der Waals surface area contributed by atoms with Crippen LogP contribution >= 0.6 is 0 Å². The number of carbonyl (C=O) groups is 1. The largest absolute Gasteiger partial charge is 0.490 e. The molecule has 126 valence electrons. The first kappa shape index (κ1) is 16.0. The van der Waals surface area contributed by atoms with Gasteiger partial charge in [-0.2, -0.15) is 5.10 Å². The maximum Gasteiger partial charge on any atom is 0.308 e. The molecule has 1 amide bonds. The zero-order chi connectivity index (χ0) is 17.1. The second-order valence-corrected chi connectivity index (χ2v) is 5.78. The van der Waals surface area contributed by atoms with E-state index in [1.165, 1.54) is 18.9 Å². The van der Waals surface area contributed by atoms with Gasteiger partial charge in [0.25, 0.3) is 0 Å². The van der Waals surface area contributed by atoms with Gasteiger partial charge >= 0.3 is 5.56 Å². The molecule has 1 N–H and O–H groups in total. The molecule has 1 saturated heterocycles. The highest BCUT2D eigenvalue weighted by Crippen LogP contribution is 2.24. The van der Waals surface area contributed by atoms with Gasteiger partial charge in [-0.25, -0.2) is 5.10 Å². The Morgan fingerprint density at radius 1 is 1.25 bits per heavy atom. The molecule has 0 saturated carbocycles. The second-order valence-electron chi connectivity index (χ2n) is 5.78. The van der Waals surface area contributed by atoms with Crippen molar-refractivity contribution < 1.29 is 9.53 Å². The van der Waals surface area contributed by atoms with E-state index in [9.17, 15) is 9.59 Å². The van der Waals surface area contributed by atoms with E-state index in [2.05, 4.69) is 10.2 Å². The summed E-state index contributed by atoms with van der Waals surface area (Å²) < 4.78 is 5.15. The minimum absolute atomic E-state index is 0.0202. The van der Waals surface area contributed by atoms with Crippen molar-refractivity contribution in [1.29, 1.82) is 0 Å². The Hall–Kier alpha value is -2.83. The minimum atomic E-state index is -0.398. The Balaban J connectivity index is 1.74. The van der Waals surface area contributed by atoms with Crippen molar-refractivity contribution in [3.05, 3.63) is 51.9 Å². The van der Waals surface area contributed by atoms with Gasteiger partial charge in [0, 0.05) is 19.6 Å². The first-order valence-electron chi connectivity index (χ1n) is 7.79. The quantitative estimate of drug-likeness (QED) is 0.903. The zero-order valence-corrected chi connectivity index (χ0v) is 13.8. The number of amides is 1. The predicted octanol–water partition coefficient (Wildman–Crippen LogP) is 0.936. The zero-order valence-electron chi connectivity index (χ0n) is 13.8. The summed E-state index contributed by atoms with van der Waals surface area (Å²) >= 11 is 0. The van der Waals surface area contributed by atoms with Crippen molar-refractivity contribution in [2.75, 3.05) is 31.6 Å². The Bertz CT molecular complexity index is 802. The molecule has 1 aliphatic heterocycles. The van der Waals surface area contributed by atoms with Gasteiger partial charge in [-0.3, -0.25) is 9.59 Å². The molecule has 0 radical (unpaired) electrons. The molecule has 1 aliphatic rings. The molecule has 7 nitrogen and oxygen atoms in total. The van der Waals surface area contributed by atoms with Gasteiger partial charge in [0.1, 0.15) is 5.69 Å². The number of anilines is 1. The molecule has 1 aromatic carbocycles. The van der Waals surface area contributed by atoms with Crippen molar-refractivity contribution in [3.8, 4) is 5.75 Å². The molecule has 2 heterocycles. The van der Waals surface area contributed by atoms with Crippen molar-refractivity contribution in [2.45, 2.75) is 13.5 Å². The molecule has 3 rings (SSSR count). The highest BCUT2D eigenvalue weighted by atomic mass is 16.5. The number of H-pyrrole nitrogens is 1. The molecule has 0 unspecified atom stereocenters. The van der Waals surface area contributed by atoms with Crippen LogP contribution in [0.2, 0.25) is 0 Å². The maximum absolute atomic E-state index is 12.5. The molecule has 0 atom stereocenters. The summed E-state index contributed by atoms with van der Waals surface area (Å²) in [5, 5.41) is 6.14. The highest BCUT2D eigenvalue weighted by molar-refractivity contribution is 5.83. The molecule has 1 fully saturated rings. The van der Waals surface area contributed by atoms with Crippen LogP contribution in [0.25, 0.3) is 0 Å². The molecule has 2 aromatic rings. The summed E-state index contributed by atoms with van der Waals surface area (Å²) in [5.74, 6) is 0.206. The van der Waals surface area contributed by atoms with Crippen LogP contribution in [0.3, 0.4) is 0 Å². The van der Waals surface area contributed by atoms with Crippen LogP contribution < -0.4 is 15.2 Å². The smallest absolute Gasteiger partial charge is 0.308 e. The number of rotatable bonds is 4. The third kappa shape index (κ3) is 3.10. The highest BCUT2D eigenvalue weighted by Gasteiger charge is 2.27. The van der Waals surface area contributed by atoms with Gasteiger partial charge < -0.3 is 14.5 Å². The summed E-state index contributed by atoms with van der Waals surface area (Å²) in [6, 6.07) is 8.06. The molecule has 24 heavy (non-hydrogen) atoms. The number of hydrogen-bond acceptors (Lipinski definition) is 5. The summed E-state index contributed by atoms with van der Waals surface area (Å²) in [6.45, 7) is 4.06. The monoisotopic (exact) mass is 328 g/mol. The van der Waals surface area contributed by atoms with Crippen molar-refractivity contribution in [3.63, 3.8) is 0 Å². The second kappa shape index (κ2) is 6.74. The predicted molar refractivity (Wildman–Crippen MR) is 90.2 cm³/mol. The fraction of sp³-hybridized carbons (Fsp3) is 0.353. The third-order valence-electron chi connectivity index (χ3n) is 4.28. The van der Waals surface area contributed by atoms with Crippen molar-refractivity contribution in [2.24, 2.45) is 0 Å². The number of ether oxygens (including phenoxy) is 1. The van der Waals surface area contributed by atoms with Crippen LogP contribution in [-0.2, 0) is 11.3 Å². The Morgan fingerprint density at radius 3 is 2.75 bits per heavy atom. The summed E-state index contributed by atoms with van der Waals surface area (Å²) in [5.41, 5.74) is 2.47. The number of methoxy groups -OCH3 is 1. The molecular formula is C17H20N4O3. The van der Waals surface area contributed by atoms with Gasteiger partial charge in [-0.1, -0.05) is 24.3 Å².